The van der Waals surface area contributed by atoms with E-state index < -0.39 is 12.1 Å². The number of hydrogen-bond donors (Lipinski definition) is 1. The van der Waals surface area contributed by atoms with Gasteiger partial charge >= 0.3 is 5.97 Å². The predicted octanol–water partition coefficient (Wildman–Crippen LogP) is 1.61. The van der Waals surface area contributed by atoms with Crippen LogP contribution in [-0.4, -0.2) is 24.3 Å². The molecule has 0 fully saturated rings. The fourth-order valence-corrected chi connectivity index (χ4v) is 1.96. The summed E-state index contributed by atoms with van der Waals surface area (Å²) in [6.07, 6.45) is 0.853. The van der Waals surface area contributed by atoms with Crippen LogP contribution in [0.5, 0.6) is 5.75 Å². The zero-order valence-electron chi connectivity index (χ0n) is 9.97. The van der Waals surface area contributed by atoms with Gasteiger partial charge in [-0.25, -0.2) is 4.79 Å². The molecule has 0 radical (unpaired) electrons. The van der Waals surface area contributed by atoms with Crippen molar-refractivity contribution < 1.29 is 19.4 Å². The highest BCUT2D eigenvalue weighted by Gasteiger charge is 2.21. The standard InChI is InChI=1S/C13H16O4/c1-8-3-4-9-7-10(5-6-11(9)17-8)12(14)13(15)16-2/h5-8,12,14H,3-4H2,1-2H3. The molecule has 0 spiro atoms. The maximum absolute atomic E-state index is 11.2. The monoisotopic (exact) mass is 236 g/mol. The van der Waals surface area contributed by atoms with Gasteiger partial charge in [0.2, 0.25) is 0 Å². The van der Waals surface area contributed by atoms with Crippen molar-refractivity contribution in [1.82, 2.24) is 0 Å². The molecule has 1 N–H and O–H groups in total. The molecule has 1 aliphatic rings. The van der Waals surface area contributed by atoms with Gasteiger partial charge in [-0.2, -0.15) is 0 Å². The second-order valence-corrected chi connectivity index (χ2v) is 4.26. The Morgan fingerprint density at radius 1 is 1.59 bits per heavy atom. The number of aryl methyl sites for hydroxylation is 1. The second-order valence-electron chi connectivity index (χ2n) is 4.26. The molecule has 92 valence electrons. The number of aliphatic hydroxyl groups excluding tert-OH is 1. The van der Waals surface area contributed by atoms with Gasteiger partial charge < -0.3 is 14.6 Å². The van der Waals surface area contributed by atoms with Crippen LogP contribution in [0.4, 0.5) is 0 Å². The molecule has 0 saturated carbocycles. The van der Waals surface area contributed by atoms with Crippen molar-refractivity contribution in [1.29, 1.82) is 0 Å². The van der Waals surface area contributed by atoms with Crippen molar-refractivity contribution in [3.63, 3.8) is 0 Å². The number of benzene rings is 1. The Bertz CT molecular complexity index is 427. The lowest BCUT2D eigenvalue weighted by molar-refractivity contribution is -0.150. The third-order valence-corrected chi connectivity index (χ3v) is 2.97. The van der Waals surface area contributed by atoms with Gasteiger partial charge in [0.1, 0.15) is 5.75 Å². The molecule has 1 aromatic rings. The summed E-state index contributed by atoms with van der Waals surface area (Å²) in [6, 6.07) is 5.30. The van der Waals surface area contributed by atoms with E-state index in [0.717, 1.165) is 24.2 Å². The molecule has 0 amide bonds. The maximum atomic E-state index is 11.2. The number of esters is 1. The van der Waals surface area contributed by atoms with Gasteiger partial charge in [0.05, 0.1) is 13.2 Å². The van der Waals surface area contributed by atoms with Crippen LogP contribution in [-0.2, 0) is 16.0 Å². The van der Waals surface area contributed by atoms with Crippen molar-refractivity contribution in [3.05, 3.63) is 29.3 Å². The van der Waals surface area contributed by atoms with E-state index in [2.05, 4.69) is 4.74 Å². The molecular formula is C13H16O4. The smallest absolute Gasteiger partial charge is 0.339 e. The number of aliphatic hydroxyl groups is 1. The molecular weight excluding hydrogens is 220 g/mol. The van der Waals surface area contributed by atoms with Gasteiger partial charge in [-0.3, -0.25) is 0 Å². The maximum Gasteiger partial charge on any atom is 0.339 e. The number of rotatable bonds is 2. The molecule has 1 aliphatic heterocycles. The molecule has 1 heterocycles. The Morgan fingerprint density at radius 2 is 2.35 bits per heavy atom. The normalized spacial score (nSPS) is 20.1. The fraction of sp³-hybridized carbons (Fsp3) is 0.462. The zero-order valence-corrected chi connectivity index (χ0v) is 9.97. The second kappa shape index (κ2) is 4.75. The number of carbonyl (C=O) groups excluding carboxylic acids is 1. The van der Waals surface area contributed by atoms with E-state index in [0.29, 0.717) is 5.56 Å². The first-order valence-corrected chi connectivity index (χ1v) is 5.67. The lowest BCUT2D eigenvalue weighted by Crippen LogP contribution is -2.20. The Kier molecular flexibility index (Phi) is 3.33. The predicted molar refractivity (Wildman–Crippen MR) is 61.8 cm³/mol. The van der Waals surface area contributed by atoms with Crippen LogP contribution in [0.1, 0.15) is 30.6 Å². The van der Waals surface area contributed by atoms with Crippen LogP contribution in [0.2, 0.25) is 0 Å². The Hall–Kier alpha value is -1.55. The van der Waals surface area contributed by atoms with Crippen LogP contribution >= 0.6 is 0 Å². The summed E-state index contributed by atoms with van der Waals surface area (Å²) in [7, 11) is 1.26. The lowest BCUT2D eigenvalue weighted by atomic mass is 9.98. The van der Waals surface area contributed by atoms with Crippen LogP contribution in [0.15, 0.2) is 18.2 Å². The highest BCUT2D eigenvalue weighted by atomic mass is 16.5. The zero-order chi connectivity index (χ0) is 12.4. The van der Waals surface area contributed by atoms with E-state index in [4.69, 9.17) is 4.74 Å². The van der Waals surface area contributed by atoms with Crippen LogP contribution in [0.25, 0.3) is 0 Å². The molecule has 4 nitrogen and oxygen atoms in total. The van der Waals surface area contributed by atoms with E-state index in [1.807, 2.05) is 13.0 Å². The Labute approximate surface area is 100 Å². The van der Waals surface area contributed by atoms with E-state index in [9.17, 15) is 9.90 Å². The molecule has 2 atom stereocenters. The SMILES string of the molecule is COC(=O)C(O)c1ccc2c(c1)CCC(C)O2. The van der Waals surface area contributed by atoms with Gasteiger partial charge in [-0.15, -0.1) is 0 Å². The minimum absolute atomic E-state index is 0.221. The topological polar surface area (TPSA) is 55.8 Å². The van der Waals surface area contributed by atoms with E-state index in [1.54, 1.807) is 12.1 Å². The van der Waals surface area contributed by atoms with Crippen molar-refractivity contribution >= 4 is 5.97 Å². The summed E-state index contributed by atoms with van der Waals surface area (Å²) in [5.74, 6) is 0.194. The largest absolute Gasteiger partial charge is 0.490 e. The van der Waals surface area contributed by atoms with Gasteiger partial charge in [-0.05, 0) is 43.0 Å². The molecule has 4 heteroatoms. The van der Waals surface area contributed by atoms with E-state index in [1.165, 1.54) is 7.11 Å². The highest BCUT2D eigenvalue weighted by Crippen LogP contribution is 2.30. The van der Waals surface area contributed by atoms with Crippen molar-refractivity contribution in [2.75, 3.05) is 7.11 Å². The molecule has 0 bridgehead atoms. The minimum atomic E-state index is -1.22. The first-order valence-electron chi connectivity index (χ1n) is 5.67. The quantitative estimate of drug-likeness (QED) is 0.792. The van der Waals surface area contributed by atoms with E-state index in [-0.39, 0.29) is 6.10 Å². The van der Waals surface area contributed by atoms with Crippen LogP contribution in [0.3, 0.4) is 0 Å². The fourth-order valence-electron chi connectivity index (χ4n) is 1.96. The van der Waals surface area contributed by atoms with Crippen molar-refractivity contribution in [3.8, 4) is 5.75 Å². The van der Waals surface area contributed by atoms with Crippen molar-refractivity contribution in [2.24, 2.45) is 0 Å². The number of ether oxygens (including phenoxy) is 2. The average Bonchev–Trinajstić information content (AvgIpc) is 2.36. The van der Waals surface area contributed by atoms with Gasteiger partial charge in [0.25, 0.3) is 0 Å². The first kappa shape index (κ1) is 11.9. The number of carbonyl (C=O) groups is 1. The van der Waals surface area contributed by atoms with Gasteiger partial charge in [0.15, 0.2) is 6.10 Å². The number of methoxy groups -OCH3 is 1. The summed E-state index contributed by atoms with van der Waals surface area (Å²) in [6.45, 7) is 2.03. The number of hydrogen-bond acceptors (Lipinski definition) is 4. The van der Waals surface area contributed by atoms with Crippen LogP contribution in [0, 0.1) is 0 Å². The minimum Gasteiger partial charge on any atom is -0.490 e. The molecule has 17 heavy (non-hydrogen) atoms. The molecule has 0 aliphatic carbocycles. The van der Waals surface area contributed by atoms with Crippen LogP contribution < -0.4 is 4.74 Å². The van der Waals surface area contributed by atoms with Crippen molar-refractivity contribution in [2.45, 2.75) is 32.0 Å². The Balaban J connectivity index is 2.25. The third kappa shape index (κ3) is 2.42. The average molecular weight is 236 g/mol. The summed E-state index contributed by atoms with van der Waals surface area (Å²) < 4.78 is 10.2. The molecule has 0 aromatic heterocycles. The van der Waals surface area contributed by atoms with E-state index >= 15 is 0 Å². The summed E-state index contributed by atoms with van der Waals surface area (Å²) >= 11 is 0. The molecule has 0 saturated heterocycles. The molecule has 2 rings (SSSR count). The highest BCUT2D eigenvalue weighted by molar-refractivity contribution is 5.76. The Morgan fingerprint density at radius 3 is 3.06 bits per heavy atom. The summed E-state index contributed by atoms with van der Waals surface area (Å²) in [5.41, 5.74) is 1.58. The molecule has 2 unspecified atom stereocenters. The lowest BCUT2D eigenvalue weighted by Gasteiger charge is -2.24. The summed E-state index contributed by atoms with van der Waals surface area (Å²) in [4.78, 5) is 11.2. The third-order valence-electron chi connectivity index (χ3n) is 2.97. The first-order chi connectivity index (χ1) is 8.11. The molecule has 1 aromatic carbocycles. The number of fused-ring (bicyclic) bond motifs is 1. The summed E-state index contributed by atoms with van der Waals surface area (Å²) in [5, 5.41) is 9.73. The van der Waals surface area contributed by atoms with Gasteiger partial charge in [0, 0.05) is 0 Å². The van der Waals surface area contributed by atoms with Gasteiger partial charge in [-0.1, -0.05) is 6.07 Å².